The first kappa shape index (κ1) is 7.30. The van der Waals surface area contributed by atoms with Crippen LogP contribution in [0.25, 0.3) is 0 Å². The monoisotopic (exact) mass is 114 g/mol. The predicted molar refractivity (Wildman–Crippen MR) is 33.6 cm³/mol. The minimum atomic E-state index is -1.14. The van der Waals surface area contributed by atoms with Crippen LogP contribution in [-0.4, -0.2) is 23.3 Å². The van der Waals surface area contributed by atoms with Gasteiger partial charge < -0.3 is 5.11 Å². The van der Waals surface area contributed by atoms with E-state index in [9.17, 15) is 0 Å². The van der Waals surface area contributed by atoms with Crippen LogP contribution in [0.4, 0.5) is 0 Å². The maximum Gasteiger partial charge on any atom is 0.151 e. The van der Waals surface area contributed by atoms with E-state index in [0.29, 0.717) is 0 Å². The lowest BCUT2D eigenvalue weighted by Crippen LogP contribution is -2.28. The summed E-state index contributed by atoms with van der Waals surface area (Å²) in [6, 6.07) is 0. The highest BCUT2D eigenvalue weighted by atomic mass is 16.3. The smallest absolute Gasteiger partial charge is 0.151 e. The van der Waals surface area contributed by atoms with E-state index >= 15 is 0 Å². The van der Waals surface area contributed by atoms with Crippen molar-refractivity contribution in [2.45, 2.75) is 19.4 Å². The Kier molecular flexibility index (Phi) is 1.87. The predicted octanol–water partition coefficient (Wildman–Crippen LogP) is 0.435. The normalized spacial score (nSPS) is 10.9. The minimum absolute atomic E-state index is 0.0995. The van der Waals surface area contributed by atoms with Crippen LogP contribution < -0.4 is 0 Å². The van der Waals surface area contributed by atoms with Crippen LogP contribution in [0.2, 0.25) is 0 Å². The molecule has 2 N–H and O–H groups in total. The second-order valence-corrected chi connectivity index (χ2v) is 2.07. The quantitative estimate of drug-likeness (QED) is 0.377. The summed E-state index contributed by atoms with van der Waals surface area (Å²) in [5.74, 6) is -0.0995. The van der Waals surface area contributed by atoms with Gasteiger partial charge in [-0.2, -0.15) is 0 Å². The van der Waals surface area contributed by atoms with E-state index in [2.05, 4.69) is 11.7 Å². The molecule has 0 unspecified atom stereocenters. The summed E-state index contributed by atoms with van der Waals surface area (Å²) in [4.78, 5) is 3.24. The summed E-state index contributed by atoms with van der Waals surface area (Å²) in [6.45, 7) is 6.07. The van der Waals surface area contributed by atoms with E-state index in [4.69, 9.17) is 10.5 Å². The van der Waals surface area contributed by atoms with Gasteiger partial charge in [0, 0.05) is 0 Å². The molecule has 0 aromatic rings. The SMILES string of the molecule is C=NC(=N)C(C)(C)O. The van der Waals surface area contributed by atoms with Crippen molar-refractivity contribution in [3.8, 4) is 0 Å². The molecule has 0 bridgehead atoms. The molecule has 0 aliphatic carbocycles. The Morgan fingerprint density at radius 2 is 2.12 bits per heavy atom. The Balaban J connectivity index is 4.02. The summed E-state index contributed by atoms with van der Waals surface area (Å²) in [7, 11) is 0. The molecule has 0 rings (SSSR count). The van der Waals surface area contributed by atoms with Gasteiger partial charge in [-0.3, -0.25) is 5.41 Å². The minimum Gasteiger partial charge on any atom is -0.382 e. The lowest BCUT2D eigenvalue weighted by Gasteiger charge is -2.12. The fourth-order valence-corrected chi connectivity index (χ4v) is 0.193. The average molecular weight is 114 g/mol. The molecule has 0 heterocycles. The fraction of sp³-hybridized carbons (Fsp3) is 0.600. The van der Waals surface area contributed by atoms with Crippen molar-refractivity contribution < 1.29 is 5.11 Å². The van der Waals surface area contributed by atoms with Gasteiger partial charge >= 0.3 is 0 Å². The second-order valence-electron chi connectivity index (χ2n) is 2.07. The summed E-state index contributed by atoms with van der Waals surface area (Å²) in [5, 5.41) is 15.8. The van der Waals surface area contributed by atoms with Crippen LogP contribution >= 0.6 is 0 Å². The van der Waals surface area contributed by atoms with E-state index in [0.717, 1.165) is 0 Å². The molecule has 0 saturated heterocycles. The Morgan fingerprint density at radius 1 is 1.75 bits per heavy atom. The third-order valence-corrected chi connectivity index (χ3v) is 0.738. The van der Waals surface area contributed by atoms with Gasteiger partial charge in [-0.15, -0.1) is 0 Å². The van der Waals surface area contributed by atoms with Gasteiger partial charge in [0.1, 0.15) is 5.60 Å². The lowest BCUT2D eigenvalue weighted by atomic mass is 10.1. The molecule has 3 heteroatoms. The molecule has 0 aromatic carbocycles. The third kappa shape index (κ3) is 1.84. The number of amidine groups is 1. The molecule has 0 saturated carbocycles. The largest absolute Gasteiger partial charge is 0.382 e. The number of rotatable bonds is 1. The molecule has 8 heavy (non-hydrogen) atoms. The summed E-state index contributed by atoms with van der Waals surface area (Å²) in [6.07, 6.45) is 0. The maximum atomic E-state index is 8.93. The molecule has 0 spiro atoms. The van der Waals surface area contributed by atoms with E-state index in [-0.39, 0.29) is 5.84 Å². The molecule has 46 valence electrons. The topological polar surface area (TPSA) is 56.4 Å². The van der Waals surface area contributed by atoms with Crippen molar-refractivity contribution in [3.05, 3.63) is 0 Å². The van der Waals surface area contributed by atoms with E-state index in [1.54, 1.807) is 0 Å². The Labute approximate surface area is 48.6 Å². The molecular weight excluding hydrogens is 104 g/mol. The van der Waals surface area contributed by atoms with Gasteiger partial charge in [0.05, 0.1) is 0 Å². The zero-order valence-electron chi connectivity index (χ0n) is 5.10. The van der Waals surface area contributed by atoms with Gasteiger partial charge in [0.2, 0.25) is 0 Å². The molecule has 0 fully saturated rings. The fourth-order valence-electron chi connectivity index (χ4n) is 0.193. The summed E-state index contributed by atoms with van der Waals surface area (Å²) in [5.41, 5.74) is -1.14. The Hall–Kier alpha value is -0.700. The van der Waals surface area contributed by atoms with Gasteiger partial charge in [-0.25, -0.2) is 4.99 Å². The highest BCUT2D eigenvalue weighted by Gasteiger charge is 2.17. The molecule has 0 aromatic heterocycles. The van der Waals surface area contributed by atoms with Crippen molar-refractivity contribution in [1.82, 2.24) is 0 Å². The lowest BCUT2D eigenvalue weighted by molar-refractivity contribution is 0.152. The van der Waals surface area contributed by atoms with Crippen LogP contribution in [-0.2, 0) is 0 Å². The molecule has 0 amide bonds. The highest BCUT2D eigenvalue weighted by Crippen LogP contribution is 2.01. The maximum absolute atomic E-state index is 8.93. The summed E-state index contributed by atoms with van der Waals surface area (Å²) >= 11 is 0. The van der Waals surface area contributed by atoms with Crippen LogP contribution in [0.15, 0.2) is 4.99 Å². The van der Waals surface area contributed by atoms with E-state index < -0.39 is 5.60 Å². The molecule has 0 atom stereocenters. The highest BCUT2D eigenvalue weighted by molar-refractivity contribution is 5.90. The number of nitrogens with one attached hydrogen (secondary N) is 1. The van der Waals surface area contributed by atoms with Crippen molar-refractivity contribution >= 4 is 12.6 Å². The van der Waals surface area contributed by atoms with Crippen LogP contribution in [0, 0.1) is 5.41 Å². The van der Waals surface area contributed by atoms with Crippen LogP contribution in [0.5, 0.6) is 0 Å². The molecule has 0 radical (unpaired) electrons. The molecule has 3 nitrogen and oxygen atoms in total. The van der Waals surface area contributed by atoms with Crippen LogP contribution in [0.3, 0.4) is 0 Å². The van der Waals surface area contributed by atoms with E-state index in [1.807, 2.05) is 0 Å². The second kappa shape index (κ2) is 2.05. The standard InChI is InChI=1S/C5H10N2O/c1-5(2,8)4(6)7-3/h6,8H,3H2,1-2H3. The molecule has 0 aliphatic heterocycles. The average Bonchev–Trinajstić information content (AvgIpc) is 1.62. The molecule has 0 aliphatic rings. The number of aliphatic imine (C=N–C) groups is 1. The van der Waals surface area contributed by atoms with Gasteiger partial charge in [0.15, 0.2) is 5.84 Å². The Bertz CT molecular complexity index is 112. The summed E-state index contributed by atoms with van der Waals surface area (Å²) < 4.78 is 0. The first-order valence-corrected chi connectivity index (χ1v) is 2.26. The number of aliphatic hydroxyl groups is 1. The van der Waals surface area contributed by atoms with Crippen molar-refractivity contribution in [2.24, 2.45) is 4.99 Å². The first-order chi connectivity index (χ1) is 3.48. The van der Waals surface area contributed by atoms with Crippen molar-refractivity contribution in [1.29, 1.82) is 5.41 Å². The molecular formula is C5H10N2O. The van der Waals surface area contributed by atoms with Crippen molar-refractivity contribution in [2.75, 3.05) is 0 Å². The number of hydrogen-bond acceptors (Lipinski definition) is 2. The van der Waals surface area contributed by atoms with Crippen molar-refractivity contribution in [3.63, 3.8) is 0 Å². The van der Waals surface area contributed by atoms with Gasteiger partial charge in [0.25, 0.3) is 0 Å². The van der Waals surface area contributed by atoms with Gasteiger partial charge in [-0.1, -0.05) is 0 Å². The Morgan fingerprint density at radius 3 is 2.12 bits per heavy atom. The first-order valence-electron chi connectivity index (χ1n) is 2.26. The zero-order valence-corrected chi connectivity index (χ0v) is 5.10. The van der Waals surface area contributed by atoms with Crippen LogP contribution in [0.1, 0.15) is 13.8 Å². The number of hydrogen-bond donors (Lipinski definition) is 2. The van der Waals surface area contributed by atoms with E-state index in [1.165, 1.54) is 13.8 Å². The van der Waals surface area contributed by atoms with Gasteiger partial charge in [-0.05, 0) is 20.6 Å². The number of nitrogens with zero attached hydrogens (tertiary/aromatic N) is 1. The zero-order chi connectivity index (χ0) is 6.78. The third-order valence-electron chi connectivity index (χ3n) is 0.738.